The lowest BCUT2D eigenvalue weighted by Gasteiger charge is -2.49. The average molecular weight is 332 g/mol. The number of ketones is 1. The number of hydrogen-bond acceptors (Lipinski definition) is 5. The van der Waals surface area contributed by atoms with Gasteiger partial charge in [-0.1, -0.05) is 12.8 Å². The lowest BCUT2D eigenvalue weighted by molar-refractivity contribution is -0.384. The smallest absolute Gasteiger partial charge is 0.293 e. The van der Waals surface area contributed by atoms with E-state index >= 15 is 0 Å². The van der Waals surface area contributed by atoms with Crippen LogP contribution in [0, 0.1) is 10.1 Å². The molecule has 0 N–H and O–H groups in total. The van der Waals surface area contributed by atoms with Crippen LogP contribution in [0.4, 0.5) is 11.4 Å². The molecule has 6 heteroatoms. The first kappa shape index (κ1) is 16.9. The highest BCUT2D eigenvalue weighted by Gasteiger charge is 2.46. The van der Waals surface area contributed by atoms with Crippen molar-refractivity contribution in [3.05, 3.63) is 33.9 Å². The third-order valence-electron chi connectivity index (χ3n) is 4.98. The minimum atomic E-state index is -0.397. The zero-order valence-corrected chi connectivity index (χ0v) is 14.5. The van der Waals surface area contributed by atoms with Crippen molar-refractivity contribution in [1.29, 1.82) is 0 Å². The molecule has 0 bridgehead atoms. The standard InChI is InChI=1S/C18H24N2O4/c1-13(21)14-6-7-15(16(10-14)20(22)23)19-11-17(2,3)24-18(12-19)8-4-5-9-18/h6-7,10H,4-5,8-9,11-12H2,1-3H3. The number of carbonyl (C=O) groups excluding carboxylic acids is 1. The monoisotopic (exact) mass is 332 g/mol. The van der Waals surface area contributed by atoms with E-state index in [1.165, 1.54) is 13.0 Å². The molecule has 0 unspecified atom stereocenters. The third-order valence-corrected chi connectivity index (χ3v) is 4.98. The first-order valence-electron chi connectivity index (χ1n) is 8.46. The van der Waals surface area contributed by atoms with Crippen molar-refractivity contribution in [2.45, 2.75) is 57.7 Å². The molecule has 0 amide bonds. The average Bonchev–Trinajstić information content (AvgIpc) is 2.91. The number of nitro benzene ring substituents is 1. The van der Waals surface area contributed by atoms with Gasteiger partial charge in [-0.3, -0.25) is 14.9 Å². The van der Waals surface area contributed by atoms with Crippen molar-refractivity contribution < 1.29 is 14.5 Å². The van der Waals surface area contributed by atoms with Gasteiger partial charge in [-0.2, -0.15) is 0 Å². The van der Waals surface area contributed by atoms with Gasteiger partial charge in [-0.05, 0) is 45.7 Å². The summed E-state index contributed by atoms with van der Waals surface area (Å²) < 4.78 is 6.37. The number of hydrogen-bond donors (Lipinski definition) is 0. The molecule has 1 aliphatic heterocycles. The first-order chi connectivity index (χ1) is 11.2. The van der Waals surface area contributed by atoms with Crippen LogP contribution >= 0.6 is 0 Å². The molecule has 1 saturated carbocycles. The number of nitrogens with zero attached hydrogens (tertiary/aromatic N) is 2. The molecule has 6 nitrogen and oxygen atoms in total. The van der Waals surface area contributed by atoms with E-state index in [9.17, 15) is 14.9 Å². The summed E-state index contributed by atoms with van der Waals surface area (Å²) in [5.74, 6) is -0.167. The molecule has 1 aliphatic carbocycles. The Bertz CT molecular complexity index is 678. The maximum Gasteiger partial charge on any atom is 0.293 e. The van der Waals surface area contributed by atoms with E-state index in [2.05, 4.69) is 4.90 Å². The molecule has 1 aromatic carbocycles. The molecular formula is C18H24N2O4. The Morgan fingerprint density at radius 2 is 1.92 bits per heavy atom. The SMILES string of the molecule is CC(=O)c1ccc(N2CC(C)(C)OC3(CCCC3)C2)c([N+](=O)[O-])c1. The summed E-state index contributed by atoms with van der Waals surface area (Å²) in [5, 5.41) is 11.5. The van der Waals surface area contributed by atoms with Gasteiger partial charge in [0.2, 0.25) is 0 Å². The Morgan fingerprint density at radius 1 is 1.25 bits per heavy atom. The molecule has 0 radical (unpaired) electrons. The molecule has 0 aromatic heterocycles. The lowest BCUT2D eigenvalue weighted by Crippen LogP contribution is -2.58. The molecule has 0 atom stereocenters. The van der Waals surface area contributed by atoms with E-state index in [-0.39, 0.29) is 22.7 Å². The molecule has 1 aromatic rings. The van der Waals surface area contributed by atoms with Crippen LogP contribution in [0.5, 0.6) is 0 Å². The van der Waals surface area contributed by atoms with Gasteiger partial charge in [0.25, 0.3) is 5.69 Å². The van der Waals surface area contributed by atoms with Crippen molar-refractivity contribution in [2.24, 2.45) is 0 Å². The predicted molar refractivity (Wildman–Crippen MR) is 91.7 cm³/mol. The molecule has 1 spiro atoms. The van der Waals surface area contributed by atoms with E-state index in [0.29, 0.717) is 24.3 Å². The predicted octanol–water partition coefficient (Wildman–Crippen LogP) is 3.73. The Kier molecular flexibility index (Phi) is 4.11. The van der Waals surface area contributed by atoms with Crippen molar-refractivity contribution in [3.63, 3.8) is 0 Å². The minimum Gasteiger partial charge on any atom is -0.365 e. The molecular weight excluding hydrogens is 308 g/mol. The Hall–Kier alpha value is -1.95. The van der Waals surface area contributed by atoms with E-state index in [0.717, 1.165) is 25.7 Å². The Balaban J connectivity index is 2.00. The van der Waals surface area contributed by atoms with Crippen LogP contribution in [0.1, 0.15) is 56.8 Å². The summed E-state index contributed by atoms with van der Waals surface area (Å²) in [5.41, 5.74) is 0.361. The summed E-state index contributed by atoms with van der Waals surface area (Å²) in [6, 6.07) is 4.77. The van der Waals surface area contributed by atoms with Crippen LogP contribution in [0.15, 0.2) is 18.2 Å². The van der Waals surface area contributed by atoms with Gasteiger partial charge < -0.3 is 9.64 Å². The van der Waals surface area contributed by atoms with Crippen LogP contribution < -0.4 is 4.90 Å². The highest BCUT2D eigenvalue weighted by molar-refractivity contribution is 5.95. The summed E-state index contributed by atoms with van der Waals surface area (Å²) >= 11 is 0. The van der Waals surface area contributed by atoms with Gasteiger partial charge in [0.15, 0.2) is 5.78 Å². The summed E-state index contributed by atoms with van der Waals surface area (Å²) in [6.07, 6.45) is 4.25. The first-order valence-corrected chi connectivity index (χ1v) is 8.46. The fourth-order valence-electron chi connectivity index (χ4n) is 4.12. The number of anilines is 1. The highest BCUT2D eigenvalue weighted by atomic mass is 16.6. The quantitative estimate of drug-likeness (QED) is 0.479. The number of rotatable bonds is 3. The number of morpholine rings is 1. The molecule has 130 valence electrons. The topological polar surface area (TPSA) is 72.7 Å². The van der Waals surface area contributed by atoms with Crippen LogP contribution in [-0.4, -0.2) is 35.0 Å². The van der Waals surface area contributed by atoms with Gasteiger partial charge in [0, 0.05) is 24.7 Å². The van der Waals surface area contributed by atoms with Crippen molar-refractivity contribution in [1.82, 2.24) is 0 Å². The van der Waals surface area contributed by atoms with Gasteiger partial charge in [-0.25, -0.2) is 0 Å². The van der Waals surface area contributed by atoms with Crippen molar-refractivity contribution in [2.75, 3.05) is 18.0 Å². The second kappa shape index (κ2) is 5.84. The normalized spacial score (nSPS) is 21.9. The van der Waals surface area contributed by atoms with Gasteiger partial charge in [0.1, 0.15) is 5.69 Å². The number of Topliss-reactive ketones (excluding diaryl/α,β-unsaturated/α-hetero) is 1. The maximum atomic E-state index is 11.6. The molecule has 3 rings (SSSR count). The van der Waals surface area contributed by atoms with Gasteiger partial charge >= 0.3 is 0 Å². The summed E-state index contributed by atoms with van der Waals surface area (Å²) in [6.45, 7) is 6.75. The molecule has 2 fully saturated rings. The summed E-state index contributed by atoms with van der Waals surface area (Å²) in [7, 11) is 0. The Morgan fingerprint density at radius 3 is 2.50 bits per heavy atom. The van der Waals surface area contributed by atoms with Crippen LogP contribution in [0.25, 0.3) is 0 Å². The fourth-order valence-corrected chi connectivity index (χ4v) is 4.12. The van der Waals surface area contributed by atoms with E-state index in [1.807, 2.05) is 13.8 Å². The largest absolute Gasteiger partial charge is 0.365 e. The molecule has 1 heterocycles. The van der Waals surface area contributed by atoms with Crippen molar-refractivity contribution >= 4 is 17.2 Å². The van der Waals surface area contributed by atoms with Crippen LogP contribution in [0.3, 0.4) is 0 Å². The highest BCUT2D eigenvalue weighted by Crippen LogP contribution is 2.43. The zero-order chi connectivity index (χ0) is 17.5. The van der Waals surface area contributed by atoms with Gasteiger partial charge in [0.05, 0.1) is 16.1 Å². The number of nitro groups is 1. The molecule has 24 heavy (non-hydrogen) atoms. The van der Waals surface area contributed by atoms with E-state index in [1.54, 1.807) is 12.1 Å². The molecule has 1 saturated heterocycles. The second-order valence-corrected chi connectivity index (χ2v) is 7.62. The second-order valence-electron chi connectivity index (χ2n) is 7.62. The minimum absolute atomic E-state index is 0.00598. The Labute approximate surface area is 141 Å². The molecule has 2 aliphatic rings. The lowest BCUT2D eigenvalue weighted by atomic mass is 9.93. The number of ether oxygens (including phenoxy) is 1. The van der Waals surface area contributed by atoms with Crippen molar-refractivity contribution in [3.8, 4) is 0 Å². The van der Waals surface area contributed by atoms with E-state index in [4.69, 9.17) is 4.74 Å². The fraction of sp³-hybridized carbons (Fsp3) is 0.611. The zero-order valence-electron chi connectivity index (χ0n) is 14.5. The van der Waals surface area contributed by atoms with Crippen LogP contribution in [-0.2, 0) is 4.74 Å². The maximum absolute atomic E-state index is 11.6. The number of benzene rings is 1. The van der Waals surface area contributed by atoms with Gasteiger partial charge in [-0.15, -0.1) is 0 Å². The number of carbonyl (C=O) groups is 1. The third kappa shape index (κ3) is 3.15. The van der Waals surface area contributed by atoms with Crippen LogP contribution in [0.2, 0.25) is 0 Å². The van der Waals surface area contributed by atoms with E-state index < -0.39 is 4.92 Å². The summed E-state index contributed by atoms with van der Waals surface area (Å²) in [4.78, 5) is 24.8.